The molecule has 0 aliphatic heterocycles. The Kier molecular flexibility index (Phi) is 2.59. The van der Waals surface area contributed by atoms with E-state index in [1.807, 2.05) is 0 Å². The highest BCUT2D eigenvalue weighted by Crippen LogP contribution is 2.21. The summed E-state index contributed by atoms with van der Waals surface area (Å²) in [5.74, 6) is 0. The van der Waals surface area contributed by atoms with E-state index in [4.69, 9.17) is 11.6 Å². The minimum atomic E-state index is 0.473. The van der Waals surface area contributed by atoms with Gasteiger partial charge in [0.15, 0.2) is 0 Å². The number of nitrogens with zero attached hydrogens (tertiary/aromatic N) is 3. The van der Waals surface area contributed by atoms with Gasteiger partial charge >= 0.3 is 0 Å². The summed E-state index contributed by atoms with van der Waals surface area (Å²) in [6.45, 7) is 2.13. The van der Waals surface area contributed by atoms with Crippen LogP contribution >= 0.6 is 11.6 Å². The van der Waals surface area contributed by atoms with Crippen LogP contribution in [0.15, 0.2) is 18.7 Å². The summed E-state index contributed by atoms with van der Waals surface area (Å²) >= 11 is 5.94. The van der Waals surface area contributed by atoms with Crippen LogP contribution in [0.25, 0.3) is 10.9 Å². The van der Waals surface area contributed by atoms with Crippen LogP contribution in [0.4, 0.5) is 0 Å². The fraction of sp³-hybridized carbons (Fsp3) is 0.300. The second-order valence-corrected chi connectivity index (χ2v) is 3.47. The Morgan fingerprint density at radius 2 is 2.14 bits per heavy atom. The zero-order valence-electron chi connectivity index (χ0n) is 7.87. The number of aromatic nitrogens is 3. The third-order valence-corrected chi connectivity index (χ3v) is 2.39. The van der Waals surface area contributed by atoms with Gasteiger partial charge in [-0.05, 0) is 12.0 Å². The minimum Gasteiger partial charge on any atom is -0.244 e. The van der Waals surface area contributed by atoms with Crippen molar-refractivity contribution in [2.24, 2.45) is 0 Å². The largest absolute Gasteiger partial charge is 0.244 e. The molecule has 0 saturated carbocycles. The summed E-state index contributed by atoms with van der Waals surface area (Å²) in [6, 6.07) is 0. The Balaban J connectivity index is 2.68. The van der Waals surface area contributed by atoms with Crippen LogP contribution in [-0.4, -0.2) is 15.0 Å². The summed E-state index contributed by atoms with van der Waals surface area (Å²) in [5.41, 5.74) is 2.05. The van der Waals surface area contributed by atoms with E-state index < -0.39 is 0 Å². The molecule has 4 heteroatoms. The van der Waals surface area contributed by atoms with Crippen LogP contribution in [0.5, 0.6) is 0 Å². The number of hydrogen-bond donors (Lipinski definition) is 0. The molecule has 14 heavy (non-hydrogen) atoms. The number of pyridine rings is 1. The summed E-state index contributed by atoms with van der Waals surface area (Å²) in [5, 5.41) is 1.31. The second kappa shape index (κ2) is 3.88. The summed E-state index contributed by atoms with van der Waals surface area (Å²) in [4.78, 5) is 12.3. The van der Waals surface area contributed by atoms with E-state index in [1.165, 1.54) is 6.33 Å². The van der Waals surface area contributed by atoms with E-state index in [0.29, 0.717) is 5.15 Å². The predicted molar refractivity (Wildman–Crippen MR) is 56.3 cm³/mol. The van der Waals surface area contributed by atoms with E-state index in [9.17, 15) is 0 Å². The molecular formula is C10H10ClN3. The van der Waals surface area contributed by atoms with Gasteiger partial charge in [-0.2, -0.15) is 0 Å². The van der Waals surface area contributed by atoms with Crippen molar-refractivity contribution in [1.29, 1.82) is 0 Å². The molecule has 0 saturated heterocycles. The van der Waals surface area contributed by atoms with Crippen molar-refractivity contribution in [3.8, 4) is 0 Å². The predicted octanol–water partition coefficient (Wildman–Crippen LogP) is 2.63. The molecule has 0 atom stereocenters. The highest BCUT2D eigenvalue weighted by Gasteiger charge is 2.05. The average molecular weight is 208 g/mol. The standard InChI is InChI=1S/C10H10ClN3/c1-2-3-7-4-13-10(11)8-5-12-6-14-9(7)8/h4-6H,2-3H2,1H3. The smallest absolute Gasteiger partial charge is 0.139 e. The molecule has 0 spiro atoms. The van der Waals surface area contributed by atoms with E-state index in [0.717, 1.165) is 29.3 Å². The first-order chi connectivity index (χ1) is 6.83. The van der Waals surface area contributed by atoms with E-state index in [2.05, 4.69) is 21.9 Å². The highest BCUT2D eigenvalue weighted by atomic mass is 35.5. The van der Waals surface area contributed by atoms with E-state index in [1.54, 1.807) is 12.4 Å². The number of halogens is 1. The van der Waals surface area contributed by atoms with Gasteiger partial charge in [-0.25, -0.2) is 15.0 Å². The fourth-order valence-electron chi connectivity index (χ4n) is 1.45. The molecule has 0 unspecified atom stereocenters. The molecule has 2 aromatic heterocycles. The van der Waals surface area contributed by atoms with Crippen LogP contribution in [0, 0.1) is 0 Å². The summed E-state index contributed by atoms with van der Waals surface area (Å²) in [7, 11) is 0. The van der Waals surface area contributed by atoms with Crippen molar-refractivity contribution in [3.05, 3.63) is 29.4 Å². The number of rotatable bonds is 2. The van der Waals surface area contributed by atoms with Crippen LogP contribution in [-0.2, 0) is 6.42 Å². The molecule has 72 valence electrons. The Bertz CT molecular complexity index is 456. The zero-order chi connectivity index (χ0) is 9.97. The molecule has 3 nitrogen and oxygen atoms in total. The van der Waals surface area contributed by atoms with Crippen molar-refractivity contribution in [2.45, 2.75) is 19.8 Å². The lowest BCUT2D eigenvalue weighted by Gasteiger charge is -2.03. The topological polar surface area (TPSA) is 38.7 Å². The van der Waals surface area contributed by atoms with Crippen LogP contribution in [0.3, 0.4) is 0 Å². The monoisotopic (exact) mass is 207 g/mol. The maximum atomic E-state index is 5.94. The van der Waals surface area contributed by atoms with Gasteiger partial charge in [-0.15, -0.1) is 0 Å². The molecule has 2 heterocycles. The zero-order valence-corrected chi connectivity index (χ0v) is 8.62. The van der Waals surface area contributed by atoms with Gasteiger partial charge in [-0.3, -0.25) is 0 Å². The lowest BCUT2D eigenvalue weighted by molar-refractivity contribution is 0.918. The normalized spacial score (nSPS) is 10.7. The Morgan fingerprint density at radius 1 is 1.29 bits per heavy atom. The maximum absolute atomic E-state index is 5.94. The number of aryl methyl sites for hydroxylation is 1. The molecule has 0 amide bonds. The van der Waals surface area contributed by atoms with Crippen molar-refractivity contribution in [2.75, 3.05) is 0 Å². The highest BCUT2D eigenvalue weighted by molar-refractivity contribution is 6.34. The third kappa shape index (κ3) is 1.55. The molecule has 2 rings (SSSR count). The Morgan fingerprint density at radius 3 is 2.93 bits per heavy atom. The average Bonchev–Trinajstić information content (AvgIpc) is 2.23. The van der Waals surface area contributed by atoms with Gasteiger partial charge in [0.05, 0.1) is 10.9 Å². The molecule has 0 aliphatic carbocycles. The van der Waals surface area contributed by atoms with Gasteiger partial charge < -0.3 is 0 Å². The molecule has 0 aliphatic rings. The molecule has 0 N–H and O–H groups in total. The van der Waals surface area contributed by atoms with Crippen LogP contribution < -0.4 is 0 Å². The van der Waals surface area contributed by atoms with Gasteiger partial charge in [0.25, 0.3) is 0 Å². The summed E-state index contributed by atoms with van der Waals surface area (Å²) in [6.07, 6.45) is 7.08. The van der Waals surface area contributed by atoms with Crippen LogP contribution in [0.1, 0.15) is 18.9 Å². The van der Waals surface area contributed by atoms with Crippen molar-refractivity contribution < 1.29 is 0 Å². The fourth-order valence-corrected chi connectivity index (χ4v) is 1.64. The van der Waals surface area contributed by atoms with Gasteiger partial charge in [0, 0.05) is 12.4 Å². The van der Waals surface area contributed by atoms with Crippen molar-refractivity contribution in [3.63, 3.8) is 0 Å². The molecule has 0 fully saturated rings. The number of hydrogen-bond acceptors (Lipinski definition) is 3. The summed E-state index contributed by atoms with van der Waals surface area (Å²) < 4.78 is 0. The molecule has 0 bridgehead atoms. The lowest BCUT2D eigenvalue weighted by Crippen LogP contribution is -1.92. The molecule has 2 aromatic rings. The van der Waals surface area contributed by atoms with E-state index >= 15 is 0 Å². The van der Waals surface area contributed by atoms with Gasteiger partial charge in [-0.1, -0.05) is 24.9 Å². The van der Waals surface area contributed by atoms with Gasteiger partial charge in [0.1, 0.15) is 11.5 Å². The Labute approximate surface area is 87.2 Å². The first-order valence-electron chi connectivity index (χ1n) is 4.56. The van der Waals surface area contributed by atoms with Crippen molar-refractivity contribution in [1.82, 2.24) is 15.0 Å². The molecular weight excluding hydrogens is 198 g/mol. The van der Waals surface area contributed by atoms with E-state index in [-0.39, 0.29) is 0 Å². The second-order valence-electron chi connectivity index (χ2n) is 3.11. The van der Waals surface area contributed by atoms with Gasteiger partial charge in [0.2, 0.25) is 0 Å². The number of fused-ring (bicyclic) bond motifs is 1. The molecule has 0 radical (unpaired) electrons. The molecule has 0 aromatic carbocycles. The van der Waals surface area contributed by atoms with Crippen LogP contribution in [0.2, 0.25) is 5.15 Å². The lowest BCUT2D eigenvalue weighted by atomic mass is 10.1. The minimum absolute atomic E-state index is 0.473. The Hall–Kier alpha value is -1.22. The van der Waals surface area contributed by atoms with Crippen molar-refractivity contribution >= 4 is 22.5 Å². The first kappa shape index (κ1) is 9.34. The third-order valence-electron chi connectivity index (χ3n) is 2.09. The maximum Gasteiger partial charge on any atom is 0.139 e. The SMILES string of the molecule is CCCc1cnc(Cl)c2cncnc12. The quantitative estimate of drug-likeness (QED) is 0.711. The first-order valence-corrected chi connectivity index (χ1v) is 4.93.